The smallest absolute Gasteiger partial charge is 0.243 e. The second-order valence-corrected chi connectivity index (χ2v) is 11.7. The molecule has 0 aromatic heterocycles. The van der Waals surface area contributed by atoms with Gasteiger partial charge in [0.05, 0.1) is 22.6 Å². The van der Waals surface area contributed by atoms with Crippen LogP contribution in [0.1, 0.15) is 24.4 Å². The van der Waals surface area contributed by atoms with Gasteiger partial charge in [-0.3, -0.25) is 4.79 Å². The van der Waals surface area contributed by atoms with Gasteiger partial charge in [-0.15, -0.1) is 0 Å². The maximum Gasteiger partial charge on any atom is 0.243 e. The Labute approximate surface area is 178 Å². The Morgan fingerprint density at radius 1 is 0.967 bits per heavy atom. The summed E-state index contributed by atoms with van der Waals surface area (Å²) >= 11 is 0. The highest BCUT2D eigenvalue weighted by Gasteiger charge is 2.39. The first-order valence-electron chi connectivity index (χ1n) is 9.76. The normalized spacial score (nSPS) is 20.6. The number of piperidine rings is 1. The van der Waals surface area contributed by atoms with Crippen LogP contribution in [0.2, 0.25) is 0 Å². The van der Waals surface area contributed by atoms with E-state index in [-0.39, 0.29) is 35.7 Å². The second kappa shape index (κ2) is 9.28. The van der Waals surface area contributed by atoms with Crippen molar-refractivity contribution in [3.8, 4) is 0 Å². The monoisotopic (exact) mass is 450 g/mol. The van der Waals surface area contributed by atoms with Gasteiger partial charge in [0.25, 0.3) is 0 Å². The molecular formula is C21H26N2O5S2. The van der Waals surface area contributed by atoms with E-state index in [4.69, 9.17) is 0 Å². The first kappa shape index (κ1) is 22.5. The fourth-order valence-corrected chi connectivity index (χ4v) is 5.84. The summed E-state index contributed by atoms with van der Waals surface area (Å²) in [6.07, 6.45) is 2.13. The number of carbonyl (C=O) groups excluding carboxylic acids is 1. The molecule has 162 valence electrons. The van der Waals surface area contributed by atoms with Crippen LogP contribution >= 0.6 is 0 Å². The van der Waals surface area contributed by atoms with Crippen molar-refractivity contribution in [2.75, 3.05) is 25.1 Å². The maximum absolute atomic E-state index is 13.4. The Balaban J connectivity index is 1.84. The maximum atomic E-state index is 13.4. The Kier molecular flexibility index (Phi) is 6.95. The zero-order valence-corrected chi connectivity index (χ0v) is 18.4. The van der Waals surface area contributed by atoms with Crippen molar-refractivity contribution in [2.24, 2.45) is 5.92 Å². The van der Waals surface area contributed by atoms with E-state index < -0.39 is 25.8 Å². The predicted octanol–water partition coefficient (Wildman–Crippen LogP) is 1.99. The minimum atomic E-state index is -3.81. The molecule has 0 bridgehead atoms. The van der Waals surface area contributed by atoms with Crippen molar-refractivity contribution in [1.82, 2.24) is 9.62 Å². The lowest BCUT2D eigenvalue weighted by Gasteiger charge is -2.38. The third kappa shape index (κ3) is 5.47. The number of hydrogen-bond donors (Lipinski definition) is 1. The van der Waals surface area contributed by atoms with E-state index in [1.165, 1.54) is 4.31 Å². The van der Waals surface area contributed by atoms with Gasteiger partial charge in [-0.25, -0.2) is 16.8 Å². The summed E-state index contributed by atoms with van der Waals surface area (Å²) in [5, 5.41) is 2.64. The number of hydrogen-bond acceptors (Lipinski definition) is 5. The highest BCUT2D eigenvalue weighted by Crippen LogP contribution is 2.37. The van der Waals surface area contributed by atoms with Gasteiger partial charge in [0.2, 0.25) is 15.9 Å². The van der Waals surface area contributed by atoms with Crippen LogP contribution in [0.3, 0.4) is 0 Å². The van der Waals surface area contributed by atoms with Crippen LogP contribution in [0.5, 0.6) is 0 Å². The quantitative estimate of drug-likeness (QED) is 0.695. The Morgan fingerprint density at radius 2 is 1.57 bits per heavy atom. The average molecular weight is 451 g/mol. The summed E-state index contributed by atoms with van der Waals surface area (Å²) in [6, 6.07) is 17.2. The molecule has 2 atom stereocenters. The van der Waals surface area contributed by atoms with Gasteiger partial charge < -0.3 is 5.32 Å². The number of rotatable bonds is 7. The zero-order chi connectivity index (χ0) is 21.8. The standard InChI is InChI=1S/C21H26N2O5S2/c1-29(25,26)15-14-22-21(24)18-12-13-20(17-8-4-2-5-9-17)23(16-18)30(27,28)19-10-6-3-7-11-19/h2-11,18,20H,12-16H2,1H3,(H,22,24)/t18-,20-/m1/s1. The van der Waals surface area contributed by atoms with E-state index in [0.29, 0.717) is 12.8 Å². The lowest BCUT2D eigenvalue weighted by atomic mass is 9.90. The number of sulfonamides is 1. The highest BCUT2D eigenvalue weighted by atomic mass is 32.2. The SMILES string of the molecule is CS(=O)(=O)CCNC(=O)[C@@H]1CC[C@H](c2ccccc2)N(S(=O)(=O)c2ccccc2)C1. The topological polar surface area (TPSA) is 101 Å². The summed E-state index contributed by atoms with van der Waals surface area (Å²) in [7, 11) is -7.00. The molecule has 30 heavy (non-hydrogen) atoms. The van der Waals surface area contributed by atoms with Crippen molar-refractivity contribution in [3.05, 3.63) is 66.2 Å². The summed E-state index contributed by atoms with van der Waals surface area (Å²) in [6.45, 7) is 0.0587. The Morgan fingerprint density at radius 3 is 2.17 bits per heavy atom. The molecule has 1 fully saturated rings. The zero-order valence-electron chi connectivity index (χ0n) is 16.8. The molecule has 0 spiro atoms. The fourth-order valence-electron chi connectivity index (χ4n) is 3.66. The summed E-state index contributed by atoms with van der Waals surface area (Å²) in [5.41, 5.74) is 0.882. The predicted molar refractivity (Wildman–Crippen MR) is 115 cm³/mol. The van der Waals surface area contributed by atoms with Crippen LogP contribution in [0.4, 0.5) is 0 Å². The molecule has 1 amide bonds. The number of nitrogens with zero attached hydrogens (tertiary/aromatic N) is 1. The molecule has 1 saturated heterocycles. The third-order valence-electron chi connectivity index (χ3n) is 5.21. The van der Waals surface area contributed by atoms with Crippen LogP contribution in [0.15, 0.2) is 65.6 Å². The number of carbonyl (C=O) groups is 1. The number of benzene rings is 2. The van der Waals surface area contributed by atoms with Gasteiger partial charge in [0.15, 0.2) is 0 Å². The minimum Gasteiger partial charge on any atom is -0.355 e. The fraction of sp³-hybridized carbons (Fsp3) is 0.381. The first-order chi connectivity index (χ1) is 14.2. The van der Waals surface area contributed by atoms with Crippen LogP contribution in [-0.4, -0.2) is 52.1 Å². The van der Waals surface area contributed by atoms with Gasteiger partial charge in [0.1, 0.15) is 9.84 Å². The molecule has 0 saturated carbocycles. The molecule has 0 unspecified atom stereocenters. The molecule has 0 radical (unpaired) electrons. The minimum absolute atomic E-state index is 0.0156. The van der Waals surface area contributed by atoms with E-state index in [9.17, 15) is 21.6 Å². The second-order valence-electron chi connectivity index (χ2n) is 7.51. The van der Waals surface area contributed by atoms with Crippen molar-refractivity contribution < 1.29 is 21.6 Å². The first-order valence-corrected chi connectivity index (χ1v) is 13.3. The molecule has 1 aliphatic rings. The number of nitrogens with one attached hydrogen (secondary N) is 1. The number of sulfone groups is 1. The molecule has 9 heteroatoms. The third-order valence-corrected chi connectivity index (χ3v) is 8.05. The van der Waals surface area contributed by atoms with Crippen LogP contribution in [0, 0.1) is 5.92 Å². The average Bonchev–Trinajstić information content (AvgIpc) is 2.73. The van der Waals surface area contributed by atoms with E-state index >= 15 is 0 Å². The van der Waals surface area contributed by atoms with E-state index in [2.05, 4.69) is 5.32 Å². The highest BCUT2D eigenvalue weighted by molar-refractivity contribution is 7.90. The van der Waals surface area contributed by atoms with Gasteiger partial charge in [-0.2, -0.15) is 4.31 Å². The van der Waals surface area contributed by atoms with E-state index in [1.807, 2.05) is 30.3 Å². The van der Waals surface area contributed by atoms with Crippen LogP contribution < -0.4 is 5.32 Å². The molecule has 2 aromatic rings. The summed E-state index contributed by atoms with van der Waals surface area (Å²) in [5.74, 6) is -1.01. The molecular weight excluding hydrogens is 424 g/mol. The summed E-state index contributed by atoms with van der Waals surface area (Å²) in [4.78, 5) is 12.8. The van der Waals surface area contributed by atoms with Crippen molar-refractivity contribution in [1.29, 1.82) is 0 Å². The molecule has 1 heterocycles. The lowest BCUT2D eigenvalue weighted by Crippen LogP contribution is -2.47. The molecule has 1 N–H and O–H groups in total. The Hall–Kier alpha value is -2.23. The lowest BCUT2D eigenvalue weighted by molar-refractivity contribution is -0.126. The van der Waals surface area contributed by atoms with Crippen molar-refractivity contribution >= 4 is 25.8 Å². The molecule has 0 aliphatic carbocycles. The van der Waals surface area contributed by atoms with Gasteiger partial charge in [-0.05, 0) is 30.5 Å². The molecule has 2 aromatic carbocycles. The molecule has 7 nitrogen and oxygen atoms in total. The molecule has 1 aliphatic heterocycles. The number of amides is 1. The van der Waals surface area contributed by atoms with E-state index in [0.717, 1.165) is 11.8 Å². The van der Waals surface area contributed by atoms with Gasteiger partial charge >= 0.3 is 0 Å². The van der Waals surface area contributed by atoms with Gasteiger partial charge in [0, 0.05) is 19.3 Å². The largest absolute Gasteiger partial charge is 0.355 e. The Bertz CT molecular complexity index is 1070. The summed E-state index contributed by atoms with van der Waals surface area (Å²) < 4.78 is 50.8. The van der Waals surface area contributed by atoms with E-state index in [1.54, 1.807) is 30.3 Å². The van der Waals surface area contributed by atoms with Crippen molar-refractivity contribution in [2.45, 2.75) is 23.8 Å². The van der Waals surface area contributed by atoms with Crippen molar-refractivity contribution in [3.63, 3.8) is 0 Å². The van der Waals surface area contributed by atoms with Crippen LogP contribution in [0.25, 0.3) is 0 Å². The van der Waals surface area contributed by atoms with Gasteiger partial charge in [-0.1, -0.05) is 48.5 Å². The van der Waals surface area contributed by atoms with Crippen LogP contribution in [-0.2, 0) is 24.7 Å². The molecule has 3 rings (SSSR count).